The molecule has 1 N–H and O–H groups in total. The van der Waals surface area contributed by atoms with Gasteiger partial charge in [0.2, 0.25) is 5.88 Å². The first-order valence-corrected chi connectivity index (χ1v) is 6.78. The molecule has 2 rings (SSSR count). The number of ether oxygens (including phenoxy) is 1. The van der Waals surface area contributed by atoms with Crippen LogP contribution in [0.1, 0.15) is 6.92 Å². The van der Waals surface area contributed by atoms with Crippen LogP contribution in [-0.2, 0) is 0 Å². The smallest absolute Gasteiger partial charge is 0.278 e. The SMILES string of the molecule is CCNc1cc([N+](=O)[O-])cc(Oc2ccc(Cl)cc2Cl)n1. The van der Waals surface area contributed by atoms with Crippen molar-refractivity contribution in [3.8, 4) is 11.6 Å². The predicted molar refractivity (Wildman–Crippen MR) is 81.6 cm³/mol. The minimum Gasteiger partial charge on any atom is -0.437 e. The first-order chi connectivity index (χ1) is 9.99. The second kappa shape index (κ2) is 6.60. The molecule has 21 heavy (non-hydrogen) atoms. The van der Waals surface area contributed by atoms with Gasteiger partial charge >= 0.3 is 0 Å². The maximum Gasteiger partial charge on any atom is 0.278 e. The molecule has 0 atom stereocenters. The van der Waals surface area contributed by atoms with Crippen LogP contribution in [0.4, 0.5) is 11.5 Å². The highest BCUT2D eigenvalue weighted by atomic mass is 35.5. The zero-order chi connectivity index (χ0) is 15.4. The summed E-state index contributed by atoms with van der Waals surface area (Å²) in [4.78, 5) is 14.5. The van der Waals surface area contributed by atoms with Crippen LogP contribution >= 0.6 is 23.2 Å². The van der Waals surface area contributed by atoms with Gasteiger partial charge in [0.1, 0.15) is 11.6 Å². The van der Waals surface area contributed by atoms with E-state index in [1.807, 2.05) is 6.92 Å². The fraction of sp³-hybridized carbons (Fsp3) is 0.154. The number of nitrogens with zero attached hydrogens (tertiary/aromatic N) is 2. The molecule has 0 aliphatic carbocycles. The largest absolute Gasteiger partial charge is 0.437 e. The second-order valence-corrected chi connectivity index (χ2v) is 4.86. The van der Waals surface area contributed by atoms with Gasteiger partial charge in [-0.15, -0.1) is 0 Å². The Bertz CT molecular complexity index is 680. The van der Waals surface area contributed by atoms with Gasteiger partial charge in [-0.1, -0.05) is 23.2 Å². The molecule has 0 radical (unpaired) electrons. The van der Waals surface area contributed by atoms with Crippen molar-refractivity contribution in [2.45, 2.75) is 6.92 Å². The van der Waals surface area contributed by atoms with Crippen molar-refractivity contribution in [3.63, 3.8) is 0 Å². The first-order valence-electron chi connectivity index (χ1n) is 6.03. The molecule has 0 spiro atoms. The number of aromatic nitrogens is 1. The maximum absolute atomic E-state index is 10.9. The zero-order valence-electron chi connectivity index (χ0n) is 11.0. The summed E-state index contributed by atoms with van der Waals surface area (Å²) in [6, 6.07) is 7.25. The van der Waals surface area contributed by atoms with Crippen LogP contribution in [0, 0.1) is 10.1 Å². The third-order valence-electron chi connectivity index (χ3n) is 2.46. The van der Waals surface area contributed by atoms with Crippen molar-refractivity contribution in [1.82, 2.24) is 4.98 Å². The van der Waals surface area contributed by atoms with Gasteiger partial charge < -0.3 is 10.1 Å². The van der Waals surface area contributed by atoms with E-state index < -0.39 is 4.92 Å². The van der Waals surface area contributed by atoms with Crippen LogP contribution in [-0.4, -0.2) is 16.5 Å². The lowest BCUT2D eigenvalue weighted by atomic mass is 10.3. The first kappa shape index (κ1) is 15.3. The molecule has 6 nitrogen and oxygen atoms in total. The average molecular weight is 328 g/mol. The maximum atomic E-state index is 10.9. The lowest BCUT2D eigenvalue weighted by molar-refractivity contribution is -0.384. The molecule has 110 valence electrons. The molecule has 0 aliphatic heterocycles. The second-order valence-electron chi connectivity index (χ2n) is 4.01. The predicted octanol–water partition coefficient (Wildman–Crippen LogP) is 4.52. The molecule has 1 heterocycles. The Labute approximate surface area is 130 Å². The lowest BCUT2D eigenvalue weighted by Crippen LogP contribution is -2.02. The quantitative estimate of drug-likeness (QED) is 0.645. The standard InChI is InChI=1S/C13H11Cl2N3O3/c1-2-16-12-6-9(18(19)20)7-13(17-12)21-11-4-3-8(14)5-10(11)15/h3-7H,2H2,1H3,(H,16,17). The highest BCUT2D eigenvalue weighted by Crippen LogP contribution is 2.32. The molecule has 0 bridgehead atoms. The zero-order valence-corrected chi connectivity index (χ0v) is 12.5. The van der Waals surface area contributed by atoms with Gasteiger partial charge in [0.15, 0.2) is 0 Å². The van der Waals surface area contributed by atoms with Crippen molar-refractivity contribution >= 4 is 34.7 Å². The molecular formula is C13H11Cl2N3O3. The normalized spacial score (nSPS) is 10.2. The Hall–Kier alpha value is -2.05. The Morgan fingerprint density at radius 2 is 2.10 bits per heavy atom. The van der Waals surface area contributed by atoms with E-state index in [1.54, 1.807) is 12.1 Å². The Balaban J connectivity index is 2.36. The highest BCUT2D eigenvalue weighted by molar-refractivity contribution is 6.35. The Kier molecular flexibility index (Phi) is 4.82. The van der Waals surface area contributed by atoms with Gasteiger partial charge in [-0.2, -0.15) is 4.98 Å². The van der Waals surface area contributed by atoms with Gasteiger partial charge in [-0.05, 0) is 25.1 Å². The number of halogens is 2. The van der Waals surface area contributed by atoms with Gasteiger partial charge in [0, 0.05) is 11.6 Å². The van der Waals surface area contributed by atoms with Crippen molar-refractivity contribution in [2.75, 3.05) is 11.9 Å². The minimum atomic E-state index is -0.515. The van der Waals surface area contributed by atoms with Crippen LogP contribution in [0.25, 0.3) is 0 Å². The summed E-state index contributed by atoms with van der Waals surface area (Å²) in [6.07, 6.45) is 0. The molecule has 1 aromatic carbocycles. The number of nitrogens with one attached hydrogen (secondary N) is 1. The molecule has 0 saturated carbocycles. The van der Waals surface area contributed by atoms with Crippen LogP contribution in [0.3, 0.4) is 0 Å². The van der Waals surface area contributed by atoms with E-state index in [-0.39, 0.29) is 11.6 Å². The number of nitro groups is 1. The van der Waals surface area contributed by atoms with Crippen molar-refractivity contribution in [1.29, 1.82) is 0 Å². The molecule has 0 saturated heterocycles. The van der Waals surface area contributed by atoms with Gasteiger partial charge in [0.05, 0.1) is 22.1 Å². The third-order valence-corrected chi connectivity index (χ3v) is 2.99. The number of rotatable bonds is 5. The number of pyridine rings is 1. The van der Waals surface area contributed by atoms with Gasteiger partial charge in [0.25, 0.3) is 5.69 Å². The monoisotopic (exact) mass is 327 g/mol. The molecule has 8 heteroatoms. The molecule has 2 aromatic rings. The molecule has 0 unspecified atom stereocenters. The number of anilines is 1. The number of hydrogen-bond acceptors (Lipinski definition) is 5. The van der Waals surface area contributed by atoms with Crippen LogP contribution < -0.4 is 10.1 Å². The van der Waals surface area contributed by atoms with Crippen LogP contribution in [0.5, 0.6) is 11.6 Å². The molecule has 0 amide bonds. The fourth-order valence-electron chi connectivity index (χ4n) is 1.59. The number of hydrogen-bond donors (Lipinski definition) is 1. The van der Waals surface area contributed by atoms with Crippen LogP contribution in [0.2, 0.25) is 10.0 Å². The summed E-state index contributed by atoms with van der Waals surface area (Å²) in [6.45, 7) is 2.44. The molecular weight excluding hydrogens is 317 g/mol. The molecule has 1 aromatic heterocycles. The van der Waals surface area contributed by atoms with E-state index in [0.717, 1.165) is 0 Å². The minimum absolute atomic E-state index is 0.0735. The fourth-order valence-corrected chi connectivity index (χ4v) is 2.04. The average Bonchev–Trinajstić information content (AvgIpc) is 2.42. The van der Waals surface area contributed by atoms with E-state index in [9.17, 15) is 10.1 Å². The topological polar surface area (TPSA) is 77.3 Å². The molecule has 0 aliphatic rings. The van der Waals surface area contributed by atoms with Gasteiger partial charge in [-0.3, -0.25) is 10.1 Å². The van der Waals surface area contributed by atoms with E-state index in [1.165, 1.54) is 18.2 Å². The van der Waals surface area contributed by atoms with Crippen molar-refractivity contribution < 1.29 is 9.66 Å². The Morgan fingerprint density at radius 3 is 2.71 bits per heavy atom. The van der Waals surface area contributed by atoms with Crippen molar-refractivity contribution in [2.24, 2.45) is 0 Å². The summed E-state index contributed by atoms with van der Waals surface area (Å²) < 4.78 is 5.50. The van der Waals surface area contributed by atoms with Crippen molar-refractivity contribution in [3.05, 3.63) is 50.5 Å². The van der Waals surface area contributed by atoms with E-state index >= 15 is 0 Å². The summed E-state index contributed by atoms with van der Waals surface area (Å²) in [7, 11) is 0. The van der Waals surface area contributed by atoms with E-state index in [0.29, 0.717) is 28.2 Å². The highest BCUT2D eigenvalue weighted by Gasteiger charge is 2.13. The summed E-state index contributed by atoms with van der Waals surface area (Å²) >= 11 is 11.8. The summed E-state index contributed by atoms with van der Waals surface area (Å²) in [5.74, 6) is 0.743. The molecule has 0 fully saturated rings. The van der Waals surface area contributed by atoms with Gasteiger partial charge in [-0.25, -0.2) is 0 Å². The number of benzene rings is 1. The third kappa shape index (κ3) is 3.96. The van der Waals surface area contributed by atoms with E-state index in [4.69, 9.17) is 27.9 Å². The summed E-state index contributed by atoms with van der Waals surface area (Å²) in [5.41, 5.74) is -0.124. The van der Waals surface area contributed by atoms with Crippen LogP contribution in [0.15, 0.2) is 30.3 Å². The summed E-state index contributed by atoms with van der Waals surface area (Å²) in [5, 5.41) is 14.6. The lowest BCUT2D eigenvalue weighted by Gasteiger charge is -2.09. The Morgan fingerprint density at radius 1 is 1.33 bits per heavy atom. The van der Waals surface area contributed by atoms with E-state index in [2.05, 4.69) is 10.3 Å².